The fourth-order valence-electron chi connectivity index (χ4n) is 3.86. The molecular formula is C25H26N6O. The summed E-state index contributed by atoms with van der Waals surface area (Å²) in [6, 6.07) is 16.2. The molecule has 0 saturated heterocycles. The first kappa shape index (κ1) is 21.3. The summed E-state index contributed by atoms with van der Waals surface area (Å²) in [4.78, 5) is 13.0. The molecule has 32 heavy (non-hydrogen) atoms. The number of terminal acetylenes is 1. The van der Waals surface area contributed by atoms with E-state index in [9.17, 15) is 4.79 Å². The number of hydrogen-bond donors (Lipinski definition) is 1. The maximum absolute atomic E-state index is 13.0. The van der Waals surface area contributed by atoms with E-state index in [1.165, 1.54) is 0 Å². The Morgan fingerprint density at radius 1 is 1.09 bits per heavy atom. The second-order valence-electron chi connectivity index (χ2n) is 8.23. The van der Waals surface area contributed by atoms with Crippen LogP contribution in [0.15, 0.2) is 59.5 Å². The van der Waals surface area contributed by atoms with Crippen LogP contribution >= 0.6 is 0 Å². The first-order valence-corrected chi connectivity index (χ1v) is 10.7. The third-order valence-electron chi connectivity index (χ3n) is 5.35. The molecule has 4 aromatic rings. The second-order valence-corrected chi connectivity index (χ2v) is 8.23. The molecule has 7 heteroatoms. The van der Waals surface area contributed by atoms with Crippen LogP contribution in [0.1, 0.15) is 31.5 Å². The molecule has 2 aromatic heterocycles. The van der Waals surface area contributed by atoms with Gasteiger partial charge in [-0.3, -0.25) is 9.13 Å². The smallest absolute Gasteiger partial charge is 0.299 e. The quantitative estimate of drug-likeness (QED) is 0.435. The van der Waals surface area contributed by atoms with Crippen LogP contribution in [-0.2, 0) is 19.5 Å². The van der Waals surface area contributed by atoms with Gasteiger partial charge in [-0.2, -0.15) is 0 Å². The number of nitrogens with zero attached hydrogens (tertiary/aromatic N) is 5. The van der Waals surface area contributed by atoms with Crippen LogP contribution in [0, 0.1) is 18.3 Å². The molecule has 2 heterocycles. The molecule has 0 aliphatic heterocycles. The number of rotatable bonds is 8. The monoisotopic (exact) mass is 426 g/mol. The second kappa shape index (κ2) is 9.48. The minimum atomic E-state index is 0.0120. The Hall–Kier alpha value is -3.92. The van der Waals surface area contributed by atoms with E-state index in [1.54, 1.807) is 4.57 Å². The highest BCUT2D eigenvalue weighted by Crippen LogP contribution is 2.29. The van der Waals surface area contributed by atoms with Crippen molar-refractivity contribution in [3.05, 3.63) is 76.5 Å². The first-order chi connectivity index (χ1) is 15.6. The summed E-state index contributed by atoms with van der Waals surface area (Å²) < 4.78 is 3.63. The van der Waals surface area contributed by atoms with Gasteiger partial charge in [-0.25, -0.2) is 9.89 Å². The van der Waals surface area contributed by atoms with Crippen LogP contribution in [0.3, 0.4) is 0 Å². The predicted octanol–water partition coefficient (Wildman–Crippen LogP) is 3.77. The summed E-state index contributed by atoms with van der Waals surface area (Å²) in [7, 11) is 0. The Morgan fingerprint density at radius 3 is 2.50 bits per heavy atom. The summed E-state index contributed by atoms with van der Waals surface area (Å²) in [5.41, 5.74) is 5.06. The van der Waals surface area contributed by atoms with Crippen molar-refractivity contribution in [3.8, 4) is 34.9 Å². The molecular weight excluding hydrogens is 400 g/mol. The van der Waals surface area contributed by atoms with Gasteiger partial charge in [0, 0.05) is 36.8 Å². The predicted molar refractivity (Wildman–Crippen MR) is 125 cm³/mol. The van der Waals surface area contributed by atoms with Crippen LogP contribution in [-0.4, -0.2) is 29.8 Å². The van der Waals surface area contributed by atoms with Crippen molar-refractivity contribution in [2.24, 2.45) is 5.92 Å². The van der Waals surface area contributed by atoms with Crippen molar-refractivity contribution < 1.29 is 0 Å². The van der Waals surface area contributed by atoms with Crippen LogP contribution < -0.4 is 5.69 Å². The van der Waals surface area contributed by atoms with Gasteiger partial charge in [0.2, 0.25) is 0 Å². The lowest BCUT2D eigenvalue weighted by atomic mass is 9.98. The summed E-state index contributed by atoms with van der Waals surface area (Å²) in [6.45, 7) is 5.42. The zero-order chi connectivity index (χ0) is 22.5. The van der Waals surface area contributed by atoms with E-state index in [4.69, 9.17) is 6.42 Å². The molecule has 7 nitrogen and oxygen atoms in total. The number of tetrazole rings is 1. The van der Waals surface area contributed by atoms with Gasteiger partial charge in [0.25, 0.3) is 0 Å². The van der Waals surface area contributed by atoms with E-state index in [1.807, 2.05) is 35.0 Å². The van der Waals surface area contributed by atoms with Gasteiger partial charge < -0.3 is 0 Å². The van der Waals surface area contributed by atoms with Crippen molar-refractivity contribution in [2.45, 2.75) is 39.8 Å². The van der Waals surface area contributed by atoms with Gasteiger partial charge in [-0.1, -0.05) is 62.4 Å². The number of nitrogens with one attached hydrogen (secondary N) is 1. The lowest BCUT2D eigenvalue weighted by molar-refractivity contribution is 0.503. The molecule has 0 fully saturated rings. The van der Waals surface area contributed by atoms with E-state index in [0.29, 0.717) is 37.7 Å². The highest BCUT2D eigenvalue weighted by Gasteiger charge is 2.13. The molecule has 0 unspecified atom stereocenters. The minimum Gasteiger partial charge on any atom is -0.299 e. The molecule has 2 aromatic carbocycles. The first-order valence-electron chi connectivity index (χ1n) is 10.7. The van der Waals surface area contributed by atoms with Gasteiger partial charge in [0.05, 0.1) is 6.54 Å². The standard InChI is InChI=1S/C25H26N6O/c1-4-5-8-21-17-30(15-18(2)3)25(32)31(21)16-19-11-13-20(14-12-19)22-9-6-7-10-23(22)24-26-28-29-27-24/h1,6-7,9-14,17-18H,5,8,15-16H2,2-3H3,(H,26,27,28,29). The number of aromatic amines is 1. The number of benzene rings is 2. The molecule has 162 valence electrons. The third kappa shape index (κ3) is 4.54. The van der Waals surface area contributed by atoms with Crippen LogP contribution in [0.2, 0.25) is 0 Å². The Balaban J connectivity index is 1.62. The van der Waals surface area contributed by atoms with E-state index < -0.39 is 0 Å². The molecule has 0 atom stereocenters. The van der Waals surface area contributed by atoms with Crippen LogP contribution in [0.25, 0.3) is 22.5 Å². The summed E-state index contributed by atoms with van der Waals surface area (Å²) in [6.07, 6.45) is 8.72. The third-order valence-corrected chi connectivity index (χ3v) is 5.35. The largest absolute Gasteiger partial charge is 0.328 e. The molecule has 0 saturated carbocycles. The van der Waals surface area contributed by atoms with Crippen molar-refractivity contribution in [2.75, 3.05) is 0 Å². The number of imidazole rings is 1. The van der Waals surface area contributed by atoms with E-state index in [2.05, 4.69) is 64.7 Å². The van der Waals surface area contributed by atoms with Crippen molar-refractivity contribution in [3.63, 3.8) is 0 Å². The zero-order valence-electron chi connectivity index (χ0n) is 18.3. The highest BCUT2D eigenvalue weighted by atomic mass is 16.1. The Morgan fingerprint density at radius 2 is 1.84 bits per heavy atom. The maximum atomic E-state index is 13.0. The molecule has 4 rings (SSSR count). The van der Waals surface area contributed by atoms with E-state index in [-0.39, 0.29) is 5.69 Å². The Kier molecular flexibility index (Phi) is 6.31. The van der Waals surface area contributed by atoms with Gasteiger partial charge in [0.15, 0.2) is 5.82 Å². The number of aryl methyl sites for hydroxylation is 1. The van der Waals surface area contributed by atoms with E-state index >= 15 is 0 Å². The van der Waals surface area contributed by atoms with Gasteiger partial charge in [-0.15, -0.1) is 17.4 Å². The molecule has 0 bridgehead atoms. The van der Waals surface area contributed by atoms with Crippen LogP contribution in [0.4, 0.5) is 0 Å². The van der Waals surface area contributed by atoms with Crippen LogP contribution in [0.5, 0.6) is 0 Å². The average molecular weight is 427 g/mol. The molecule has 0 amide bonds. The highest BCUT2D eigenvalue weighted by molar-refractivity contribution is 5.80. The van der Waals surface area contributed by atoms with Gasteiger partial charge in [-0.05, 0) is 33.0 Å². The number of aromatic nitrogens is 6. The molecule has 0 spiro atoms. The number of H-pyrrole nitrogens is 1. The topological polar surface area (TPSA) is 81.4 Å². The fraction of sp³-hybridized carbons (Fsp3) is 0.280. The van der Waals surface area contributed by atoms with E-state index in [0.717, 1.165) is 27.9 Å². The summed E-state index contributed by atoms with van der Waals surface area (Å²) >= 11 is 0. The fourth-order valence-corrected chi connectivity index (χ4v) is 3.86. The molecule has 0 aliphatic carbocycles. The van der Waals surface area contributed by atoms with Gasteiger partial charge in [0.1, 0.15) is 0 Å². The lowest BCUT2D eigenvalue weighted by Crippen LogP contribution is -2.26. The minimum absolute atomic E-state index is 0.0120. The lowest BCUT2D eigenvalue weighted by Gasteiger charge is -2.10. The summed E-state index contributed by atoms with van der Waals surface area (Å²) in [5, 5.41) is 14.2. The molecule has 0 radical (unpaired) electrons. The maximum Gasteiger partial charge on any atom is 0.328 e. The SMILES string of the molecule is C#CCCc1cn(CC(C)C)c(=O)n1Cc1ccc(-c2ccccc2-c2nnn[nH]2)cc1. The van der Waals surface area contributed by atoms with Crippen molar-refractivity contribution in [1.82, 2.24) is 29.8 Å². The van der Waals surface area contributed by atoms with Crippen molar-refractivity contribution in [1.29, 1.82) is 0 Å². The number of hydrogen-bond acceptors (Lipinski definition) is 4. The average Bonchev–Trinajstić information content (AvgIpc) is 3.43. The Bertz CT molecular complexity index is 1270. The molecule has 1 N–H and O–H groups in total. The van der Waals surface area contributed by atoms with Gasteiger partial charge >= 0.3 is 5.69 Å². The van der Waals surface area contributed by atoms with Crippen molar-refractivity contribution >= 4 is 0 Å². The molecule has 0 aliphatic rings. The normalized spacial score (nSPS) is 11.1. The zero-order valence-corrected chi connectivity index (χ0v) is 18.3. The summed E-state index contributed by atoms with van der Waals surface area (Å²) in [5.74, 6) is 3.70. The Labute approximate surface area is 187 Å².